The van der Waals surface area contributed by atoms with Crippen LogP contribution < -0.4 is 10.6 Å². The molecule has 29 heavy (non-hydrogen) atoms. The van der Waals surface area contributed by atoms with Gasteiger partial charge in [0, 0.05) is 24.9 Å². The van der Waals surface area contributed by atoms with Gasteiger partial charge in [-0.25, -0.2) is 0 Å². The predicted molar refractivity (Wildman–Crippen MR) is 111 cm³/mol. The minimum atomic E-state index is -0.162. The van der Waals surface area contributed by atoms with Gasteiger partial charge in [-0.2, -0.15) is 0 Å². The van der Waals surface area contributed by atoms with Crippen molar-refractivity contribution in [3.63, 3.8) is 0 Å². The number of aromatic nitrogens is 1. The molecule has 1 amide bonds. The van der Waals surface area contributed by atoms with E-state index in [2.05, 4.69) is 33.8 Å². The molecule has 1 aliphatic carbocycles. The van der Waals surface area contributed by atoms with E-state index in [1.54, 1.807) is 19.5 Å². The summed E-state index contributed by atoms with van der Waals surface area (Å²) in [7, 11) is 1.68. The summed E-state index contributed by atoms with van der Waals surface area (Å²) in [6.45, 7) is 2.96. The van der Waals surface area contributed by atoms with Crippen LogP contribution in [0.2, 0.25) is 0 Å². The van der Waals surface area contributed by atoms with Crippen molar-refractivity contribution in [2.75, 3.05) is 33.4 Å². The fourth-order valence-electron chi connectivity index (χ4n) is 4.86. The van der Waals surface area contributed by atoms with Gasteiger partial charge in [-0.05, 0) is 48.7 Å². The molecule has 0 bridgehead atoms. The van der Waals surface area contributed by atoms with Crippen molar-refractivity contribution in [2.45, 2.75) is 36.8 Å². The molecule has 0 unspecified atom stereocenters. The zero-order valence-electron chi connectivity index (χ0n) is 16.9. The van der Waals surface area contributed by atoms with Crippen molar-refractivity contribution in [3.05, 3.63) is 65.5 Å². The summed E-state index contributed by atoms with van der Waals surface area (Å²) in [5, 5.41) is 6.75. The van der Waals surface area contributed by atoms with Crippen molar-refractivity contribution in [3.8, 4) is 0 Å². The zero-order chi connectivity index (χ0) is 20.1. The van der Waals surface area contributed by atoms with Gasteiger partial charge < -0.3 is 20.1 Å². The summed E-state index contributed by atoms with van der Waals surface area (Å²) in [4.78, 5) is 17.0. The molecule has 1 aliphatic heterocycles. The molecule has 1 saturated heterocycles. The number of hydrogen-bond donors (Lipinski definition) is 2. The standard InChI is InChI=1S/C23H29N3O3/c1-28-13-14-29-22-21(26-20(27)15-17-5-4-10-25-16-17)18-6-2-3-7-19(18)23(22)8-11-24-12-9-23/h2-7,10,16,21-22,24H,8-9,11-15H2,1H3,(H,26,27)/t21-,22+/m1/s1. The van der Waals surface area contributed by atoms with Crippen LogP contribution in [0.25, 0.3) is 0 Å². The van der Waals surface area contributed by atoms with Gasteiger partial charge in [0.2, 0.25) is 5.91 Å². The van der Waals surface area contributed by atoms with E-state index in [0.29, 0.717) is 19.6 Å². The molecule has 1 spiro atoms. The average Bonchev–Trinajstić information content (AvgIpc) is 2.99. The quantitative estimate of drug-likeness (QED) is 0.703. The number of amides is 1. The summed E-state index contributed by atoms with van der Waals surface area (Å²) in [6, 6.07) is 12.1. The highest BCUT2D eigenvalue weighted by molar-refractivity contribution is 5.79. The SMILES string of the molecule is COCCO[C@H]1[C@H](NC(=O)Cc2cccnc2)c2ccccc2C12CCNCC2. The van der Waals surface area contributed by atoms with E-state index in [9.17, 15) is 4.79 Å². The average molecular weight is 396 g/mol. The van der Waals surface area contributed by atoms with Crippen LogP contribution in [0.4, 0.5) is 0 Å². The van der Waals surface area contributed by atoms with Crippen LogP contribution >= 0.6 is 0 Å². The molecule has 2 aliphatic rings. The Balaban J connectivity index is 1.61. The van der Waals surface area contributed by atoms with Crippen molar-refractivity contribution in [2.24, 2.45) is 0 Å². The first kappa shape index (κ1) is 20.0. The Morgan fingerprint density at radius 1 is 1.21 bits per heavy atom. The van der Waals surface area contributed by atoms with Crippen LogP contribution in [-0.4, -0.2) is 50.4 Å². The summed E-state index contributed by atoms with van der Waals surface area (Å²) >= 11 is 0. The zero-order valence-corrected chi connectivity index (χ0v) is 16.9. The van der Waals surface area contributed by atoms with E-state index in [0.717, 1.165) is 31.5 Å². The van der Waals surface area contributed by atoms with Crippen molar-refractivity contribution in [1.82, 2.24) is 15.6 Å². The van der Waals surface area contributed by atoms with E-state index in [4.69, 9.17) is 9.47 Å². The highest BCUT2D eigenvalue weighted by Crippen LogP contribution is 2.51. The molecule has 2 N–H and O–H groups in total. The van der Waals surface area contributed by atoms with E-state index in [1.807, 2.05) is 18.2 Å². The van der Waals surface area contributed by atoms with E-state index < -0.39 is 0 Å². The third kappa shape index (κ3) is 4.06. The van der Waals surface area contributed by atoms with Crippen LogP contribution in [0, 0.1) is 0 Å². The number of benzene rings is 1. The lowest BCUT2D eigenvalue weighted by atomic mass is 9.72. The fourth-order valence-corrected chi connectivity index (χ4v) is 4.86. The lowest BCUT2D eigenvalue weighted by molar-refractivity contribution is -0.123. The van der Waals surface area contributed by atoms with Gasteiger partial charge in [-0.15, -0.1) is 0 Å². The van der Waals surface area contributed by atoms with Gasteiger partial charge >= 0.3 is 0 Å². The molecule has 1 aromatic carbocycles. The molecule has 154 valence electrons. The molecule has 2 heterocycles. The Labute approximate surface area is 172 Å². The number of carbonyl (C=O) groups excluding carboxylic acids is 1. The summed E-state index contributed by atoms with van der Waals surface area (Å²) in [5.74, 6) is -0.0101. The molecule has 6 nitrogen and oxygen atoms in total. The van der Waals surface area contributed by atoms with E-state index >= 15 is 0 Å². The maximum absolute atomic E-state index is 12.9. The Bertz CT molecular complexity index is 821. The lowest BCUT2D eigenvalue weighted by Gasteiger charge is -2.41. The van der Waals surface area contributed by atoms with Crippen molar-refractivity contribution < 1.29 is 14.3 Å². The van der Waals surface area contributed by atoms with Gasteiger partial charge in [0.15, 0.2) is 0 Å². The summed E-state index contributed by atoms with van der Waals surface area (Å²) in [5.41, 5.74) is 3.32. The Morgan fingerprint density at radius 2 is 2.03 bits per heavy atom. The topological polar surface area (TPSA) is 72.5 Å². The molecule has 4 rings (SSSR count). The maximum Gasteiger partial charge on any atom is 0.225 e. The van der Waals surface area contributed by atoms with Crippen molar-refractivity contribution in [1.29, 1.82) is 0 Å². The lowest BCUT2D eigenvalue weighted by Crippen LogP contribution is -2.50. The van der Waals surface area contributed by atoms with Crippen LogP contribution in [-0.2, 0) is 26.1 Å². The third-order valence-electron chi connectivity index (χ3n) is 6.16. The van der Waals surface area contributed by atoms with Gasteiger partial charge in [0.1, 0.15) is 0 Å². The molecular weight excluding hydrogens is 366 g/mol. The number of carbonyl (C=O) groups is 1. The number of ether oxygens (including phenoxy) is 2. The van der Waals surface area contributed by atoms with Crippen LogP contribution in [0.3, 0.4) is 0 Å². The van der Waals surface area contributed by atoms with Crippen LogP contribution in [0.1, 0.15) is 35.6 Å². The maximum atomic E-state index is 12.9. The molecule has 1 fully saturated rings. The molecule has 0 radical (unpaired) electrons. The van der Waals surface area contributed by atoms with Gasteiger partial charge in [-0.3, -0.25) is 9.78 Å². The highest BCUT2D eigenvalue weighted by atomic mass is 16.5. The minimum Gasteiger partial charge on any atom is -0.382 e. The second-order valence-corrected chi connectivity index (χ2v) is 7.86. The number of nitrogens with zero attached hydrogens (tertiary/aromatic N) is 1. The van der Waals surface area contributed by atoms with Gasteiger partial charge in [0.25, 0.3) is 0 Å². The van der Waals surface area contributed by atoms with Crippen LogP contribution in [0.5, 0.6) is 0 Å². The molecule has 2 atom stereocenters. The number of methoxy groups -OCH3 is 1. The Kier molecular flexibility index (Phi) is 6.23. The number of hydrogen-bond acceptors (Lipinski definition) is 5. The summed E-state index contributed by atoms with van der Waals surface area (Å²) < 4.78 is 11.6. The number of nitrogens with one attached hydrogen (secondary N) is 2. The molecular formula is C23H29N3O3. The first-order valence-corrected chi connectivity index (χ1v) is 10.3. The monoisotopic (exact) mass is 395 g/mol. The van der Waals surface area contributed by atoms with E-state index in [1.165, 1.54) is 11.1 Å². The van der Waals surface area contributed by atoms with Crippen molar-refractivity contribution >= 4 is 5.91 Å². The first-order chi connectivity index (χ1) is 14.2. The molecule has 1 aromatic heterocycles. The number of piperidine rings is 1. The predicted octanol–water partition coefficient (Wildman–Crippen LogP) is 2.15. The third-order valence-corrected chi connectivity index (χ3v) is 6.16. The highest BCUT2D eigenvalue weighted by Gasteiger charge is 2.53. The van der Waals surface area contributed by atoms with Gasteiger partial charge in [0.05, 0.1) is 31.8 Å². The number of fused-ring (bicyclic) bond motifs is 2. The normalized spacial score (nSPS) is 22.4. The first-order valence-electron chi connectivity index (χ1n) is 10.3. The molecule has 2 aromatic rings. The molecule has 6 heteroatoms. The Morgan fingerprint density at radius 3 is 2.79 bits per heavy atom. The molecule has 0 saturated carbocycles. The second kappa shape index (κ2) is 9.03. The summed E-state index contributed by atoms with van der Waals surface area (Å²) in [6.07, 6.45) is 5.66. The Hall–Kier alpha value is -2.28. The second-order valence-electron chi connectivity index (χ2n) is 7.86. The fraction of sp³-hybridized carbons (Fsp3) is 0.478. The number of rotatable bonds is 7. The minimum absolute atomic E-state index is 0.0101. The van der Waals surface area contributed by atoms with Crippen LogP contribution in [0.15, 0.2) is 48.8 Å². The number of pyridine rings is 1. The largest absolute Gasteiger partial charge is 0.382 e. The smallest absolute Gasteiger partial charge is 0.225 e. The van der Waals surface area contributed by atoms with E-state index in [-0.39, 0.29) is 23.5 Å². The van der Waals surface area contributed by atoms with Gasteiger partial charge in [-0.1, -0.05) is 30.3 Å².